The molecule has 0 heterocycles. The van der Waals surface area contributed by atoms with Crippen molar-refractivity contribution < 1.29 is 24.5 Å². The first-order valence-electron chi connectivity index (χ1n) is 9.05. The number of carboxylic acids is 1. The molecule has 0 saturated heterocycles. The van der Waals surface area contributed by atoms with Crippen LogP contribution in [-0.4, -0.2) is 46.7 Å². The van der Waals surface area contributed by atoms with Gasteiger partial charge in [-0.1, -0.05) is 32.0 Å². The van der Waals surface area contributed by atoms with Crippen LogP contribution in [0, 0.1) is 0 Å². The molecule has 0 unspecified atom stereocenters. The summed E-state index contributed by atoms with van der Waals surface area (Å²) in [5, 5.41) is 18.6. The Balaban J connectivity index is 2.11. The van der Waals surface area contributed by atoms with E-state index in [0.717, 1.165) is 44.1 Å². The maximum atomic E-state index is 12.6. The molecule has 0 bridgehead atoms. The molecule has 6 nitrogen and oxygen atoms in total. The van der Waals surface area contributed by atoms with Gasteiger partial charge >= 0.3 is 11.9 Å². The third-order valence-electron chi connectivity index (χ3n) is 4.46. The fraction of sp³-hybridized carbons (Fsp3) is 0.333. The lowest BCUT2D eigenvalue weighted by molar-refractivity contribution is 0.0684. The SMILES string of the molecule is CCN(CC)CCCc1ccccc1C(=O)Oc1ccc(O)c(C(=O)O)c1. The van der Waals surface area contributed by atoms with Crippen molar-refractivity contribution in [2.75, 3.05) is 19.6 Å². The number of phenols is 1. The minimum absolute atomic E-state index is 0.0770. The van der Waals surface area contributed by atoms with Crippen LogP contribution >= 0.6 is 0 Å². The monoisotopic (exact) mass is 371 g/mol. The van der Waals surface area contributed by atoms with Crippen molar-refractivity contribution in [1.29, 1.82) is 0 Å². The van der Waals surface area contributed by atoms with E-state index in [1.807, 2.05) is 12.1 Å². The summed E-state index contributed by atoms with van der Waals surface area (Å²) >= 11 is 0. The third kappa shape index (κ3) is 5.56. The van der Waals surface area contributed by atoms with Crippen LogP contribution < -0.4 is 4.74 Å². The Kier molecular flexibility index (Phi) is 7.37. The molecule has 0 aliphatic rings. The molecule has 0 fully saturated rings. The van der Waals surface area contributed by atoms with Crippen molar-refractivity contribution in [1.82, 2.24) is 4.90 Å². The summed E-state index contributed by atoms with van der Waals surface area (Å²) in [6.45, 7) is 7.19. The second kappa shape index (κ2) is 9.73. The molecule has 0 atom stereocenters. The van der Waals surface area contributed by atoms with E-state index in [0.29, 0.717) is 5.56 Å². The quantitative estimate of drug-likeness (QED) is 0.517. The van der Waals surface area contributed by atoms with E-state index < -0.39 is 11.9 Å². The number of carbonyl (C=O) groups excluding carboxylic acids is 1. The van der Waals surface area contributed by atoms with Crippen LogP contribution in [0.25, 0.3) is 0 Å². The van der Waals surface area contributed by atoms with E-state index in [2.05, 4.69) is 18.7 Å². The first-order chi connectivity index (χ1) is 13.0. The second-order valence-corrected chi connectivity index (χ2v) is 6.16. The van der Waals surface area contributed by atoms with Crippen LogP contribution in [0.4, 0.5) is 0 Å². The minimum Gasteiger partial charge on any atom is -0.507 e. The lowest BCUT2D eigenvalue weighted by Gasteiger charge is -2.18. The summed E-state index contributed by atoms with van der Waals surface area (Å²) in [6.07, 6.45) is 1.67. The van der Waals surface area contributed by atoms with Gasteiger partial charge in [-0.3, -0.25) is 0 Å². The van der Waals surface area contributed by atoms with Crippen molar-refractivity contribution in [3.05, 3.63) is 59.2 Å². The number of aromatic carboxylic acids is 1. The molecule has 144 valence electrons. The number of nitrogens with zero attached hydrogens (tertiary/aromatic N) is 1. The van der Waals surface area contributed by atoms with Crippen molar-refractivity contribution in [3.63, 3.8) is 0 Å². The Morgan fingerprint density at radius 1 is 1.04 bits per heavy atom. The molecule has 0 radical (unpaired) electrons. The summed E-state index contributed by atoms with van der Waals surface area (Å²) in [6, 6.07) is 11.0. The number of esters is 1. The number of hydrogen-bond donors (Lipinski definition) is 2. The molecule has 2 N–H and O–H groups in total. The van der Waals surface area contributed by atoms with Gasteiger partial charge in [-0.2, -0.15) is 0 Å². The lowest BCUT2D eigenvalue weighted by atomic mass is 10.0. The molecule has 2 rings (SSSR count). The summed E-state index contributed by atoms with van der Waals surface area (Å²) in [7, 11) is 0. The Morgan fingerprint density at radius 2 is 1.74 bits per heavy atom. The molecule has 0 saturated carbocycles. The highest BCUT2D eigenvalue weighted by Crippen LogP contribution is 2.24. The zero-order valence-corrected chi connectivity index (χ0v) is 15.6. The average Bonchev–Trinajstić information content (AvgIpc) is 2.67. The van der Waals surface area contributed by atoms with Crippen LogP contribution in [0.2, 0.25) is 0 Å². The summed E-state index contributed by atoms with van der Waals surface area (Å²) in [5.74, 6) is -2.13. The normalized spacial score (nSPS) is 10.8. The van der Waals surface area contributed by atoms with E-state index in [1.54, 1.807) is 12.1 Å². The molecular formula is C21H25NO5. The van der Waals surface area contributed by atoms with Gasteiger partial charge in [0.25, 0.3) is 0 Å². The van der Waals surface area contributed by atoms with Gasteiger partial charge in [0.15, 0.2) is 0 Å². The number of hydrogen-bond acceptors (Lipinski definition) is 5. The van der Waals surface area contributed by atoms with Gasteiger partial charge in [0.1, 0.15) is 17.1 Å². The smallest absolute Gasteiger partial charge is 0.343 e. The van der Waals surface area contributed by atoms with E-state index in [9.17, 15) is 14.7 Å². The molecule has 0 aliphatic heterocycles. The van der Waals surface area contributed by atoms with Crippen molar-refractivity contribution >= 4 is 11.9 Å². The van der Waals surface area contributed by atoms with Crippen LogP contribution in [-0.2, 0) is 6.42 Å². The maximum Gasteiger partial charge on any atom is 0.343 e. The zero-order valence-electron chi connectivity index (χ0n) is 15.6. The Labute approximate surface area is 159 Å². The van der Waals surface area contributed by atoms with E-state index >= 15 is 0 Å². The third-order valence-corrected chi connectivity index (χ3v) is 4.46. The van der Waals surface area contributed by atoms with Crippen LogP contribution in [0.1, 0.15) is 46.5 Å². The molecular weight excluding hydrogens is 346 g/mol. The zero-order chi connectivity index (χ0) is 19.8. The fourth-order valence-electron chi connectivity index (χ4n) is 2.88. The molecule has 0 aromatic heterocycles. The summed E-state index contributed by atoms with van der Waals surface area (Å²) in [5.41, 5.74) is 1.04. The van der Waals surface area contributed by atoms with Gasteiger partial charge in [0, 0.05) is 0 Å². The highest BCUT2D eigenvalue weighted by atomic mass is 16.5. The van der Waals surface area contributed by atoms with Gasteiger partial charge in [-0.15, -0.1) is 0 Å². The topological polar surface area (TPSA) is 87.1 Å². The summed E-state index contributed by atoms with van der Waals surface area (Å²) in [4.78, 5) is 26.0. The second-order valence-electron chi connectivity index (χ2n) is 6.16. The fourth-order valence-corrected chi connectivity index (χ4v) is 2.88. The Bertz CT molecular complexity index is 799. The number of carbonyl (C=O) groups is 2. The first kappa shape index (κ1) is 20.5. The molecule has 2 aromatic carbocycles. The largest absolute Gasteiger partial charge is 0.507 e. The first-order valence-corrected chi connectivity index (χ1v) is 9.05. The van der Waals surface area contributed by atoms with Crippen molar-refractivity contribution in [3.8, 4) is 11.5 Å². The lowest BCUT2D eigenvalue weighted by Crippen LogP contribution is -2.24. The van der Waals surface area contributed by atoms with Gasteiger partial charge in [-0.25, -0.2) is 9.59 Å². The molecule has 6 heteroatoms. The highest BCUT2D eigenvalue weighted by molar-refractivity contribution is 5.94. The summed E-state index contributed by atoms with van der Waals surface area (Å²) < 4.78 is 5.33. The van der Waals surface area contributed by atoms with Crippen molar-refractivity contribution in [2.24, 2.45) is 0 Å². The predicted molar refractivity (Wildman–Crippen MR) is 103 cm³/mol. The number of benzene rings is 2. The standard InChI is InChI=1S/C21H25NO5/c1-3-22(4-2)13-7-9-15-8-5-6-10-17(15)21(26)27-16-11-12-19(23)18(14-16)20(24)25/h5-6,8,10-12,14,23H,3-4,7,9,13H2,1-2H3,(H,24,25). The number of rotatable bonds is 9. The van der Waals surface area contributed by atoms with Gasteiger partial charge in [0.05, 0.1) is 5.56 Å². The molecule has 0 aliphatic carbocycles. The molecule has 0 amide bonds. The van der Waals surface area contributed by atoms with Crippen LogP contribution in [0.3, 0.4) is 0 Å². The average molecular weight is 371 g/mol. The van der Waals surface area contributed by atoms with E-state index in [4.69, 9.17) is 9.84 Å². The van der Waals surface area contributed by atoms with Crippen molar-refractivity contribution in [2.45, 2.75) is 26.7 Å². The number of ether oxygens (including phenoxy) is 1. The van der Waals surface area contributed by atoms with Gasteiger partial charge in [0.2, 0.25) is 0 Å². The Hall–Kier alpha value is -2.86. The van der Waals surface area contributed by atoms with Crippen LogP contribution in [0.5, 0.6) is 11.5 Å². The maximum absolute atomic E-state index is 12.6. The van der Waals surface area contributed by atoms with E-state index in [-0.39, 0.29) is 17.1 Å². The molecule has 27 heavy (non-hydrogen) atoms. The van der Waals surface area contributed by atoms with Gasteiger partial charge < -0.3 is 19.8 Å². The minimum atomic E-state index is -1.29. The number of carboxylic acid groups (broad SMARTS) is 1. The van der Waals surface area contributed by atoms with E-state index in [1.165, 1.54) is 12.1 Å². The number of aromatic hydroxyl groups is 1. The van der Waals surface area contributed by atoms with Gasteiger partial charge in [-0.05, 0) is 62.3 Å². The predicted octanol–water partition coefficient (Wildman–Crippen LogP) is 3.58. The highest BCUT2D eigenvalue weighted by Gasteiger charge is 2.16. The van der Waals surface area contributed by atoms with Crippen LogP contribution in [0.15, 0.2) is 42.5 Å². The molecule has 0 spiro atoms. The Morgan fingerprint density at radius 3 is 2.41 bits per heavy atom. The molecule has 2 aromatic rings. The number of aryl methyl sites for hydroxylation is 1.